The minimum atomic E-state index is -0.956. The van der Waals surface area contributed by atoms with Crippen LogP contribution in [0.15, 0.2) is 23.3 Å². The zero-order valence-electron chi connectivity index (χ0n) is 13.8. The number of likely N-dealkylation sites (N-methyl/N-ethyl adjacent to an activating group) is 1. The third kappa shape index (κ3) is 4.13. The Morgan fingerprint density at radius 1 is 1.27 bits per heavy atom. The third-order valence-electron chi connectivity index (χ3n) is 3.14. The number of carbonyl (C=O) groups excluding carboxylic acids is 4. The first-order valence-corrected chi connectivity index (χ1v) is 7.36. The highest BCUT2D eigenvalue weighted by Gasteiger charge is 2.41. The van der Waals surface area contributed by atoms with Crippen LogP contribution >= 0.6 is 0 Å². The summed E-state index contributed by atoms with van der Waals surface area (Å²) < 4.78 is 0. The van der Waals surface area contributed by atoms with Gasteiger partial charge < -0.3 is 10.1 Å². The Labute approximate surface area is 131 Å². The topological polar surface area (TPSA) is 83.6 Å². The molecule has 0 bridgehead atoms. The van der Waals surface area contributed by atoms with E-state index in [0.717, 1.165) is 4.90 Å². The van der Waals surface area contributed by atoms with Gasteiger partial charge in [0, 0.05) is 24.6 Å². The fourth-order valence-electron chi connectivity index (χ4n) is 2.09. The number of hydrogen-bond donors (Lipinski definition) is 1. The van der Waals surface area contributed by atoms with Crippen molar-refractivity contribution in [3.8, 4) is 0 Å². The Balaban J connectivity index is 0.00000211. The standard InChI is InChI=1S/C14H18N2O4.C2H6/c1-4-6-10-9(2)13(19)16(14(10)20)11(7-5-8-17)12(18)15-3;1-2/h4,6,8,11H,5,7H2,1-3H3,(H,15,18);1-2H3/b6-4-;. The molecule has 6 nitrogen and oxygen atoms in total. The van der Waals surface area contributed by atoms with Gasteiger partial charge in [0.2, 0.25) is 5.91 Å². The van der Waals surface area contributed by atoms with Crippen LogP contribution in [-0.4, -0.2) is 42.0 Å². The lowest BCUT2D eigenvalue weighted by molar-refractivity contribution is -0.146. The molecule has 22 heavy (non-hydrogen) atoms. The fraction of sp³-hybridized carbons (Fsp3) is 0.500. The van der Waals surface area contributed by atoms with E-state index in [4.69, 9.17) is 0 Å². The maximum absolute atomic E-state index is 12.3. The molecule has 1 N–H and O–H groups in total. The molecule has 0 aromatic heterocycles. The van der Waals surface area contributed by atoms with Crippen molar-refractivity contribution in [2.75, 3.05) is 7.05 Å². The summed E-state index contributed by atoms with van der Waals surface area (Å²) in [6.45, 7) is 7.29. The van der Waals surface area contributed by atoms with Crippen molar-refractivity contribution < 1.29 is 19.2 Å². The van der Waals surface area contributed by atoms with Crippen molar-refractivity contribution >= 4 is 24.0 Å². The largest absolute Gasteiger partial charge is 0.357 e. The van der Waals surface area contributed by atoms with Crippen LogP contribution in [0.1, 0.15) is 40.5 Å². The molecule has 0 radical (unpaired) electrons. The molecular weight excluding hydrogens is 284 g/mol. The summed E-state index contributed by atoms with van der Waals surface area (Å²) in [6, 6.07) is -0.956. The first-order chi connectivity index (χ1) is 10.5. The van der Waals surface area contributed by atoms with Crippen LogP contribution in [0.4, 0.5) is 0 Å². The van der Waals surface area contributed by atoms with E-state index in [2.05, 4.69) is 5.32 Å². The van der Waals surface area contributed by atoms with Gasteiger partial charge in [-0.1, -0.05) is 26.0 Å². The van der Waals surface area contributed by atoms with E-state index in [1.165, 1.54) is 7.05 Å². The summed E-state index contributed by atoms with van der Waals surface area (Å²) in [5, 5.41) is 2.42. The fourth-order valence-corrected chi connectivity index (χ4v) is 2.09. The SMILES string of the molecule is C/C=C\C1=C(C)C(=O)N(C(CCC=O)C(=O)NC)C1=O.CC. The normalized spacial score (nSPS) is 15.8. The van der Waals surface area contributed by atoms with Crippen LogP contribution in [0.5, 0.6) is 0 Å². The minimum absolute atomic E-state index is 0.104. The smallest absolute Gasteiger partial charge is 0.261 e. The van der Waals surface area contributed by atoms with Gasteiger partial charge in [-0.3, -0.25) is 19.3 Å². The van der Waals surface area contributed by atoms with Gasteiger partial charge in [-0.2, -0.15) is 0 Å². The molecular formula is C16H24N2O4. The molecule has 6 heteroatoms. The molecule has 0 aromatic carbocycles. The molecule has 1 aliphatic heterocycles. The van der Waals surface area contributed by atoms with Crippen LogP contribution < -0.4 is 5.32 Å². The summed E-state index contributed by atoms with van der Waals surface area (Å²) in [5.74, 6) is -1.43. The number of aldehydes is 1. The van der Waals surface area contributed by atoms with Gasteiger partial charge in [-0.25, -0.2) is 0 Å². The number of amides is 3. The number of carbonyl (C=O) groups is 4. The lowest BCUT2D eigenvalue weighted by atomic mass is 10.1. The number of rotatable bonds is 6. The quantitative estimate of drug-likeness (QED) is 0.593. The highest BCUT2D eigenvalue weighted by atomic mass is 16.2. The van der Waals surface area contributed by atoms with Crippen molar-refractivity contribution in [3.63, 3.8) is 0 Å². The minimum Gasteiger partial charge on any atom is -0.357 e. The lowest BCUT2D eigenvalue weighted by Gasteiger charge is -2.24. The van der Waals surface area contributed by atoms with Gasteiger partial charge >= 0.3 is 0 Å². The molecule has 1 unspecified atom stereocenters. The summed E-state index contributed by atoms with van der Waals surface area (Å²) in [5.41, 5.74) is 0.602. The van der Waals surface area contributed by atoms with Crippen LogP contribution in [0.25, 0.3) is 0 Å². The highest BCUT2D eigenvalue weighted by Crippen LogP contribution is 2.25. The van der Waals surface area contributed by atoms with Crippen molar-refractivity contribution in [2.45, 2.75) is 46.6 Å². The van der Waals surface area contributed by atoms with Crippen LogP contribution in [0.3, 0.4) is 0 Å². The van der Waals surface area contributed by atoms with Crippen LogP contribution in [0.2, 0.25) is 0 Å². The number of imide groups is 1. The monoisotopic (exact) mass is 308 g/mol. The Kier molecular flexibility index (Phi) is 8.67. The summed E-state index contributed by atoms with van der Waals surface area (Å²) in [6.07, 6.45) is 4.10. The number of hydrogen-bond acceptors (Lipinski definition) is 4. The zero-order chi connectivity index (χ0) is 17.3. The van der Waals surface area contributed by atoms with Crippen molar-refractivity contribution in [3.05, 3.63) is 23.3 Å². The molecule has 1 heterocycles. The van der Waals surface area contributed by atoms with E-state index in [0.29, 0.717) is 11.9 Å². The van der Waals surface area contributed by atoms with Gasteiger partial charge in [-0.15, -0.1) is 0 Å². The summed E-state index contributed by atoms with van der Waals surface area (Å²) >= 11 is 0. The van der Waals surface area contributed by atoms with Crippen LogP contribution in [-0.2, 0) is 19.2 Å². The van der Waals surface area contributed by atoms with Gasteiger partial charge in [0.05, 0.1) is 0 Å². The second kappa shape index (κ2) is 9.65. The van der Waals surface area contributed by atoms with Crippen LogP contribution in [0, 0.1) is 0 Å². The average Bonchev–Trinajstić information content (AvgIpc) is 2.74. The van der Waals surface area contributed by atoms with Crippen molar-refractivity contribution in [2.24, 2.45) is 0 Å². The van der Waals surface area contributed by atoms with E-state index >= 15 is 0 Å². The second-order valence-corrected chi connectivity index (χ2v) is 4.39. The molecule has 3 amide bonds. The molecule has 0 saturated carbocycles. The zero-order valence-corrected chi connectivity index (χ0v) is 13.8. The molecule has 0 spiro atoms. The number of allylic oxidation sites excluding steroid dienone is 1. The van der Waals surface area contributed by atoms with Crippen molar-refractivity contribution in [1.82, 2.24) is 10.2 Å². The Morgan fingerprint density at radius 2 is 1.86 bits per heavy atom. The van der Waals surface area contributed by atoms with E-state index in [1.807, 2.05) is 13.8 Å². The van der Waals surface area contributed by atoms with Gasteiger partial charge in [-0.05, 0) is 20.3 Å². The van der Waals surface area contributed by atoms with E-state index in [1.54, 1.807) is 26.0 Å². The molecule has 1 aliphatic rings. The van der Waals surface area contributed by atoms with Crippen molar-refractivity contribution in [1.29, 1.82) is 0 Å². The van der Waals surface area contributed by atoms with Gasteiger partial charge in [0.1, 0.15) is 12.3 Å². The molecule has 0 fully saturated rings. The highest BCUT2D eigenvalue weighted by molar-refractivity contribution is 6.21. The molecule has 0 saturated heterocycles. The molecule has 0 aliphatic carbocycles. The molecule has 1 atom stereocenters. The first-order valence-electron chi connectivity index (χ1n) is 7.36. The first kappa shape index (κ1) is 19.8. The Bertz CT molecular complexity index is 506. The molecule has 122 valence electrons. The maximum atomic E-state index is 12.3. The Morgan fingerprint density at radius 3 is 2.32 bits per heavy atom. The molecule has 1 rings (SSSR count). The lowest BCUT2D eigenvalue weighted by Crippen LogP contribution is -2.49. The molecule has 0 aromatic rings. The summed E-state index contributed by atoms with van der Waals surface area (Å²) in [4.78, 5) is 47.7. The van der Waals surface area contributed by atoms with Gasteiger partial charge in [0.15, 0.2) is 0 Å². The summed E-state index contributed by atoms with van der Waals surface area (Å²) in [7, 11) is 1.43. The average molecular weight is 308 g/mol. The number of nitrogens with one attached hydrogen (secondary N) is 1. The Hall–Kier alpha value is -2.24. The van der Waals surface area contributed by atoms with E-state index < -0.39 is 23.8 Å². The maximum Gasteiger partial charge on any atom is 0.261 e. The second-order valence-electron chi connectivity index (χ2n) is 4.39. The predicted molar refractivity (Wildman–Crippen MR) is 83.9 cm³/mol. The van der Waals surface area contributed by atoms with E-state index in [-0.39, 0.29) is 18.4 Å². The predicted octanol–water partition coefficient (Wildman–Crippen LogP) is 1.37. The number of nitrogens with zero attached hydrogens (tertiary/aromatic N) is 1. The third-order valence-corrected chi connectivity index (χ3v) is 3.14. The van der Waals surface area contributed by atoms with E-state index in [9.17, 15) is 19.2 Å². The van der Waals surface area contributed by atoms with Gasteiger partial charge in [0.25, 0.3) is 11.8 Å².